The average Bonchev–Trinajstić information content (AvgIpc) is 2.57. The minimum absolute atomic E-state index is 0.440. The third-order valence-electron chi connectivity index (χ3n) is 2.80. The summed E-state index contributed by atoms with van der Waals surface area (Å²) < 4.78 is 5.41. The van der Waals surface area contributed by atoms with Crippen molar-refractivity contribution in [2.75, 3.05) is 31.2 Å². The Morgan fingerprint density at radius 2 is 2.31 bits per heavy atom. The molecule has 0 spiro atoms. The molecule has 1 aliphatic heterocycles. The number of rotatable bonds is 2. The number of aliphatic hydroxyl groups is 1. The molecule has 0 aromatic carbocycles. The number of aromatic nitrogens is 1. The van der Waals surface area contributed by atoms with Gasteiger partial charge in [-0.25, -0.2) is 4.98 Å². The zero-order valence-electron chi connectivity index (χ0n) is 9.59. The third kappa shape index (κ3) is 2.71. The molecule has 1 atom stereocenters. The average molecular weight is 222 g/mol. The van der Waals surface area contributed by atoms with E-state index in [1.807, 2.05) is 12.1 Å². The van der Waals surface area contributed by atoms with Gasteiger partial charge in [-0.3, -0.25) is 0 Å². The normalized spacial score (nSPS) is 19.2. The second-order valence-corrected chi connectivity index (χ2v) is 4.08. The quantitative estimate of drug-likeness (QED) is 0.820. The van der Waals surface area contributed by atoms with Crippen molar-refractivity contribution in [1.82, 2.24) is 4.98 Å². The van der Waals surface area contributed by atoms with E-state index in [0.717, 1.165) is 44.1 Å². The van der Waals surface area contributed by atoms with Crippen LogP contribution in [-0.4, -0.2) is 36.4 Å². The van der Waals surface area contributed by atoms with Crippen LogP contribution in [0.2, 0.25) is 0 Å². The lowest BCUT2D eigenvalue weighted by Crippen LogP contribution is -2.26. The summed E-state index contributed by atoms with van der Waals surface area (Å²) in [5.74, 6) is 0.934. The lowest BCUT2D eigenvalue weighted by atomic mass is 10.1. The van der Waals surface area contributed by atoms with Gasteiger partial charge in [0.2, 0.25) is 0 Å². The zero-order valence-corrected chi connectivity index (χ0v) is 9.59. The van der Waals surface area contributed by atoms with E-state index in [2.05, 4.69) is 9.88 Å². The summed E-state index contributed by atoms with van der Waals surface area (Å²) in [6.45, 7) is 5.18. The molecular formula is C12H18N2O2. The summed E-state index contributed by atoms with van der Waals surface area (Å²) in [5, 5.41) is 9.53. The highest BCUT2D eigenvalue weighted by Gasteiger charge is 2.12. The first-order chi connectivity index (χ1) is 7.77. The highest BCUT2D eigenvalue weighted by atomic mass is 16.5. The Morgan fingerprint density at radius 3 is 3.12 bits per heavy atom. The van der Waals surface area contributed by atoms with Gasteiger partial charge in [-0.1, -0.05) is 0 Å². The zero-order chi connectivity index (χ0) is 11.4. The van der Waals surface area contributed by atoms with Gasteiger partial charge in [-0.05, 0) is 31.0 Å². The van der Waals surface area contributed by atoms with Gasteiger partial charge in [-0.15, -0.1) is 0 Å². The monoisotopic (exact) mass is 222 g/mol. The van der Waals surface area contributed by atoms with Crippen LogP contribution in [0.15, 0.2) is 18.3 Å². The standard InChI is InChI=1S/C12H18N2O2/c1-10(15)11-3-4-13-12(9-11)14-5-2-7-16-8-6-14/h3-4,9-10,15H,2,5-8H2,1H3. The molecule has 1 aromatic heterocycles. The molecule has 0 aliphatic carbocycles. The fraction of sp³-hybridized carbons (Fsp3) is 0.583. The predicted octanol–water partition coefficient (Wildman–Crippen LogP) is 1.36. The van der Waals surface area contributed by atoms with Gasteiger partial charge < -0.3 is 14.7 Å². The maximum Gasteiger partial charge on any atom is 0.128 e. The number of anilines is 1. The second-order valence-electron chi connectivity index (χ2n) is 4.08. The molecule has 1 saturated heterocycles. The van der Waals surface area contributed by atoms with Gasteiger partial charge in [0.1, 0.15) is 5.82 Å². The van der Waals surface area contributed by atoms with Crippen molar-refractivity contribution in [3.63, 3.8) is 0 Å². The first-order valence-corrected chi connectivity index (χ1v) is 5.74. The molecule has 1 aromatic rings. The number of hydrogen-bond donors (Lipinski definition) is 1. The third-order valence-corrected chi connectivity index (χ3v) is 2.80. The van der Waals surface area contributed by atoms with Crippen LogP contribution in [0, 0.1) is 0 Å². The number of nitrogens with zero attached hydrogens (tertiary/aromatic N) is 2. The smallest absolute Gasteiger partial charge is 0.128 e. The van der Waals surface area contributed by atoms with Crippen LogP contribution in [0.5, 0.6) is 0 Å². The lowest BCUT2D eigenvalue weighted by molar-refractivity contribution is 0.152. The fourth-order valence-electron chi connectivity index (χ4n) is 1.84. The van der Waals surface area contributed by atoms with Crippen LogP contribution >= 0.6 is 0 Å². The Labute approximate surface area is 95.9 Å². The van der Waals surface area contributed by atoms with E-state index in [9.17, 15) is 5.11 Å². The molecule has 4 heteroatoms. The molecule has 1 N–H and O–H groups in total. The van der Waals surface area contributed by atoms with Gasteiger partial charge in [-0.2, -0.15) is 0 Å². The van der Waals surface area contributed by atoms with E-state index in [0.29, 0.717) is 0 Å². The largest absolute Gasteiger partial charge is 0.389 e. The van der Waals surface area contributed by atoms with Crippen molar-refractivity contribution in [2.24, 2.45) is 0 Å². The first kappa shape index (κ1) is 11.4. The van der Waals surface area contributed by atoms with Gasteiger partial charge in [0.05, 0.1) is 12.7 Å². The van der Waals surface area contributed by atoms with Gasteiger partial charge in [0.15, 0.2) is 0 Å². The second kappa shape index (κ2) is 5.27. The minimum atomic E-state index is -0.440. The van der Waals surface area contributed by atoms with Crippen molar-refractivity contribution in [1.29, 1.82) is 0 Å². The van der Waals surface area contributed by atoms with Crippen LogP contribution in [0.3, 0.4) is 0 Å². The number of ether oxygens (including phenoxy) is 1. The summed E-state index contributed by atoms with van der Waals surface area (Å²) in [5.41, 5.74) is 0.912. The van der Waals surface area contributed by atoms with E-state index in [-0.39, 0.29) is 0 Å². The van der Waals surface area contributed by atoms with Crippen molar-refractivity contribution in [3.05, 3.63) is 23.9 Å². The molecule has 16 heavy (non-hydrogen) atoms. The van der Waals surface area contributed by atoms with Crippen molar-refractivity contribution in [3.8, 4) is 0 Å². The van der Waals surface area contributed by atoms with Crippen LogP contribution in [-0.2, 0) is 4.74 Å². The summed E-state index contributed by atoms with van der Waals surface area (Å²) in [7, 11) is 0. The highest BCUT2D eigenvalue weighted by molar-refractivity contribution is 5.41. The fourth-order valence-corrected chi connectivity index (χ4v) is 1.84. The maximum absolute atomic E-state index is 9.53. The molecule has 1 fully saturated rings. The number of pyridine rings is 1. The van der Waals surface area contributed by atoms with E-state index < -0.39 is 6.10 Å². The van der Waals surface area contributed by atoms with Crippen LogP contribution in [0.25, 0.3) is 0 Å². The molecule has 88 valence electrons. The molecule has 2 heterocycles. The molecule has 0 amide bonds. The molecule has 4 nitrogen and oxygen atoms in total. The SMILES string of the molecule is CC(O)c1ccnc(N2CCCOCC2)c1. The molecule has 0 radical (unpaired) electrons. The molecule has 1 aliphatic rings. The molecule has 1 unspecified atom stereocenters. The van der Waals surface area contributed by atoms with E-state index in [4.69, 9.17) is 4.74 Å². The molecular weight excluding hydrogens is 204 g/mol. The van der Waals surface area contributed by atoms with E-state index >= 15 is 0 Å². The number of aliphatic hydroxyl groups excluding tert-OH is 1. The predicted molar refractivity (Wildman–Crippen MR) is 62.5 cm³/mol. The topological polar surface area (TPSA) is 45.6 Å². The molecule has 2 rings (SSSR count). The Morgan fingerprint density at radius 1 is 1.44 bits per heavy atom. The Balaban J connectivity index is 2.15. The van der Waals surface area contributed by atoms with Gasteiger partial charge >= 0.3 is 0 Å². The van der Waals surface area contributed by atoms with Gasteiger partial charge in [0, 0.05) is 25.9 Å². The summed E-state index contributed by atoms with van der Waals surface area (Å²) >= 11 is 0. The van der Waals surface area contributed by atoms with Crippen LogP contribution < -0.4 is 4.90 Å². The number of hydrogen-bond acceptors (Lipinski definition) is 4. The molecule has 0 bridgehead atoms. The van der Waals surface area contributed by atoms with E-state index in [1.54, 1.807) is 13.1 Å². The van der Waals surface area contributed by atoms with Crippen LogP contribution in [0.1, 0.15) is 25.0 Å². The highest BCUT2D eigenvalue weighted by Crippen LogP contribution is 2.18. The first-order valence-electron chi connectivity index (χ1n) is 5.74. The van der Waals surface area contributed by atoms with Crippen molar-refractivity contribution in [2.45, 2.75) is 19.4 Å². The summed E-state index contributed by atoms with van der Waals surface area (Å²) in [4.78, 5) is 6.55. The van der Waals surface area contributed by atoms with E-state index in [1.165, 1.54) is 0 Å². The maximum atomic E-state index is 9.53. The Hall–Kier alpha value is -1.13. The summed E-state index contributed by atoms with van der Waals surface area (Å²) in [6.07, 6.45) is 2.34. The minimum Gasteiger partial charge on any atom is -0.389 e. The van der Waals surface area contributed by atoms with Crippen molar-refractivity contribution >= 4 is 5.82 Å². The van der Waals surface area contributed by atoms with Gasteiger partial charge in [0.25, 0.3) is 0 Å². The lowest BCUT2D eigenvalue weighted by Gasteiger charge is -2.21. The summed E-state index contributed by atoms with van der Waals surface area (Å²) in [6, 6.07) is 3.80. The molecule has 0 saturated carbocycles. The Bertz CT molecular complexity index is 334. The van der Waals surface area contributed by atoms with Crippen molar-refractivity contribution < 1.29 is 9.84 Å². The Kier molecular flexibility index (Phi) is 3.74. The van der Waals surface area contributed by atoms with Crippen LogP contribution in [0.4, 0.5) is 5.82 Å².